The molecule has 0 radical (unpaired) electrons. The fourth-order valence-corrected chi connectivity index (χ4v) is 4.39. The number of likely N-dealkylation sites (N-methyl/N-ethyl adjacent to an activating group) is 1. The van der Waals surface area contributed by atoms with Crippen LogP contribution in [0.25, 0.3) is 0 Å². The molecule has 1 aliphatic rings. The van der Waals surface area contributed by atoms with Crippen LogP contribution >= 0.6 is 0 Å². The summed E-state index contributed by atoms with van der Waals surface area (Å²) in [5.74, 6) is -0.797. The Morgan fingerprint density at radius 1 is 1.00 bits per heavy atom. The number of carbonyl (C=O) groups excluding carboxylic acids is 3. The van der Waals surface area contributed by atoms with Gasteiger partial charge in [-0.15, -0.1) is 0 Å². The van der Waals surface area contributed by atoms with Crippen molar-refractivity contribution in [2.75, 3.05) is 13.7 Å². The maximum Gasteiger partial charge on any atom is 0.338 e. The summed E-state index contributed by atoms with van der Waals surface area (Å²) in [6, 6.07) is 15.7. The van der Waals surface area contributed by atoms with Gasteiger partial charge in [0, 0.05) is 18.0 Å². The highest BCUT2D eigenvalue weighted by Crippen LogP contribution is 2.45. The van der Waals surface area contributed by atoms with Crippen molar-refractivity contribution in [1.82, 2.24) is 9.80 Å². The first kappa shape index (κ1) is 22.5. The highest BCUT2D eigenvalue weighted by Gasteiger charge is 2.59. The average molecular weight is 423 g/mol. The number of hydrogen-bond acceptors (Lipinski definition) is 4. The van der Waals surface area contributed by atoms with Crippen LogP contribution in [0.15, 0.2) is 54.6 Å². The minimum Gasteiger partial charge on any atom is -0.462 e. The van der Waals surface area contributed by atoms with Gasteiger partial charge >= 0.3 is 5.97 Å². The molecule has 0 unspecified atom stereocenters. The van der Waals surface area contributed by atoms with Crippen molar-refractivity contribution in [2.24, 2.45) is 5.41 Å². The molecule has 3 rings (SSSR count). The highest BCUT2D eigenvalue weighted by atomic mass is 16.5. The SMILES string of the molecule is CCOC(=O)c1ccc([C@@]2(C)C(=O)N(C)[C@@H](C(C)(C)C)N2C(=O)c2ccccc2)cc1. The average Bonchev–Trinajstić information content (AvgIpc) is 2.96. The van der Waals surface area contributed by atoms with Crippen LogP contribution < -0.4 is 0 Å². The van der Waals surface area contributed by atoms with Crippen molar-refractivity contribution in [3.05, 3.63) is 71.3 Å². The number of esters is 1. The number of hydrogen-bond donors (Lipinski definition) is 0. The number of benzene rings is 2. The molecule has 164 valence electrons. The monoisotopic (exact) mass is 422 g/mol. The lowest BCUT2D eigenvalue weighted by molar-refractivity contribution is -0.133. The molecule has 0 saturated carbocycles. The summed E-state index contributed by atoms with van der Waals surface area (Å²) in [7, 11) is 1.74. The van der Waals surface area contributed by atoms with E-state index in [-0.39, 0.29) is 23.8 Å². The van der Waals surface area contributed by atoms with Crippen LogP contribution in [0.2, 0.25) is 0 Å². The summed E-state index contributed by atoms with van der Waals surface area (Å²) in [4.78, 5) is 42.7. The standard InChI is InChI=1S/C25H30N2O4/c1-7-31-21(29)18-13-15-19(16-14-18)25(5)23(30)26(6)22(24(2,3)4)27(25)20(28)17-11-9-8-10-12-17/h8-16,22H,7H2,1-6H3/t22-,25+/m1/s1. The van der Waals surface area contributed by atoms with E-state index in [1.165, 1.54) is 0 Å². The Morgan fingerprint density at radius 2 is 1.58 bits per heavy atom. The normalized spacial score (nSPS) is 21.4. The lowest BCUT2D eigenvalue weighted by Gasteiger charge is -2.42. The largest absolute Gasteiger partial charge is 0.462 e. The molecule has 0 spiro atoms. The van der Waals surface area contributed by atoms with Crippen LogP contribution in [0.3, 0.4) is 0 Å². The van der Waals surface area contributed by atoms with Gasteiger partial charge in [0.2, 0.25) is 0 Å². The zero-order valence-electron chi connectivity index (χ0n) is 19.0. The molecule has 6 heteroatoms. The van der Waals surface area contributed by atoms with Gasteiger partial charge in [-0.1, -0.05) is 51.1 Å². The van der Waals surface area contributed by atoms with E-state index in [0.717, 1.165) is 0 Å². The molecule has 31 heavy (non-hydrogen) atoms. The summed E-state index contributed by atoms with van der Waals surface area (Å²) in [5, 5.41) is 0. The van der Waals surface area contributed by atoms with Gasteiger partial charge in [0.05, 0.1) is 12.2 Å². The lowest BCUT2D eigenvalue weighted by atomic mass is 9.86. The zero-order chi connectivity index (χ0) is 23.0. The lowest BCUT2D eigenvalue weighted by Crippen LogP contribution is -2.53. The van der Waals surface area contributed by atoms with E-state index in [1.54, 1.807) is 67.1 Å². The van der Waals surface area contributed by atoms with Crippen molar-refractivity contribution in [1.29, 1.82) is 0 Å². The quantitative estimate of drug-likeness (QED) is 0.697. The van der Waals surface area contributed by atoms with E-state index in [4.69, 9.17) is 4.74 Å². The predicted molar refractivity (Wildman–Crippen MR) is 118 cm³/mol. The Kier molecular flexibility index (Phi) is 5.94. The van der Waals surface area contributed by atoms with Crippen molar-refractivity contribution in [3.8, 4) is 0 Å². The molecule has 1 fully saturated rings. The summed E-state index contributed by atoms with van der Waals surface area (Å²) in [6.07, 6.45) is -0.442. The second-order valence-corrected chi connectivity index (χ2v) is 9.07. The molecule has 2 aromatic carbocycles. The Morgan fingerprint density at radius 3 is 2.10 bits per heavy atom. The molecule has 1 aliphatic heterocycles. The topological polar surface area (TPSA) is 66.9 Å². The molecule has 6 nitrogen and oxygen atoms in total. The van der Waals surface area contributed by atoms with Crippen LogP contribution in [0.4, 0.5) is 0 Å². The third-order valence-electron chi connectivity index (χ3n) is 5.80. The smallest absolute Gasteiger partial charge is 0.338 e. The zero-order valence-corrected chi connectivity index (χ0v) is 19.0. The summed E-state index contributed by atoms with van der Waals surface area (Å²) >= 11 is 0. The van der Waals surface area contributed by atoms with Gasteiger partial charge in [-0.25, -0.2) is 4.79 Å². The molecule has 1 heterocycles. The molecule has 0 N–H and O–H groups in total. The van der Waals surface area contributed by atoms with E-state index in [9.17, 15) is 14.4 Å². The minimum atomic E-state index is -1.22. The number of ether oxygens (including phenoxy) is 1. The molecular weight excluding hydrogens is 392 g/mol. The third kappa shape index (κ3) is 3.82. The first-order valence-corrected chi connectivity index (χ1v) is 10.5. The Bertz CT molecular complexity index is 979. The Hall–Kier alpha value is -3.15. The van der Waals surface area contributed by atoms with Crippen LogP contribution in [0.5, 0.6) is 0 Å². The van der Waals surface area contributed by atoms with Gasteiger partial charge in [0.1, 0.15) is 11.7 Å². The second kappa shape index (κ2) is 8.17. The first-order valence-electron chi connectivity index (χ1n) is 10.5. The fourth-order valence-electron chi connectivity index (χ4n) is 4.39. The third-order valence-corrected chi connectivity index (χ3v) is 5.80. The van der Waals surface area contributed by atoms with Crippen LogP contribution in [0, 0.1) is 5.41 Å². The number of amides is 2. The molecular formula is C25H30N2O4. The molecule has 0 aliphatic carbocycles. The van der Waals surface area contributed by atoms with Gasteiger partial charge in [-0.05, 0) is 43.7 Å². The number of carbonyl (C=O) groups is 3. The van der Waals surface area contributed by atoms with Crippen molar-refractivity contribution < 1.29 is 19.1 Å². The summed E-state index contributed by atoms with van der Waals surface area (Å²) in [5.41, 5.74) is -0.0199. The molecule has 0 bridgehead atoms. The molecule has 2 aromatic rings. The molecule has 0 aromatic heterocycles. The number of rotatable bonds is 4. The highest BCUT2D eigenvalue weighted by molar-refractivity contribution is 6.02. The van der Waals surface area contributed by atoms with E-state index in [2.05, 4.69) is 0 Å². The van der Waals surface area contributed by atoms with Gasteiger partial charge in [0.15, 0.2) is 0 Å². The maximum atomic E-state index is 13.7. The van der Waals surface area contributed by atoms with Gasteiger partial charge < -0.3 is 9.64 Å². The van der Waals surface area contributed by atoms with E-state index >= 15 is 0 Å². The fraction of sp³-hybridized carbons (Fsp3) is 0.400. The summed E-state index contributed by atoms with van der Waals surface area (Å²) < 4.78 is 5.06. The van der Waals surface area contributed by atoms with Crippen molar-refractivity contribution in [2.45, 2.75) is 46.3 Å². The molecule has 2 amide bonds. The maximum absolute atomic E-state index is 13.7. The van der Waals surface area contributed by atoms with Gasteiger partial charge in [0.25, 0.3) is 11.8 Å². The number of nitrogens with zero attached hydrogens (tertiary/aromatic N) is 2. The van der Waals surface area contributed by atoms with Crippen LogP contribution in [0.1, 0.15) is 60.9 Å². The second-order valence-electron chi connectivity index (χ2n) is 9.07. The summed E-state index contributed by atoms with van der Waals surface area (Å²) in [6.45, 7) is 9.86. The molecule has 1 saturated heterocycles. The Labute approximate surface area is 183 Å². The Balaban J connectivity index is 2.13. The van der Waals surface area contributed by atoms with Crippen molar-refractivity contribution in [3.63, 3.8) is 0 Å². The van der Waals surface area contributed by atoms with Gasteiger partial charge in [-0.2, -0.15) is 0 Å². The first-order chi connectivity index (χ1) is 14.5. The van der Waals surface area contributed by atoms with E-state index in [0.29, 0.717) is 16.7 Å². The van der Waals surface area contributed by atoms with Crippen LogP contribution in [-0.2, 0) is 15.1 Å². The van der Waals surface area contributed by atoms with Crippen molar-refractivity contribution >= 4 is 17.8 Å². The van der Waals surface area contributed by atoms with E-state index < -0.39 is 17.7 Å². The van der Waals surface area contributed by atoms with Gasteiger partial charge in [-0.3, -0.25) is 14.5 Å². The predicted octanol–water partition coefficient (Wildman–Crippen LogP) is 4.07. The van der Waals surface area contributed by atoms with E-state index in [1.807, 2.05) is 39.0 Å². The molecule has 2 atom stereocenters. The minimum absolute atomic E-state index is 0.166. The van der Waals surface area contributed by atoms with Crippen LogP contribution in [-0.4, -0.2) is 47.4 Å².